The number of carboxylic acid groups (broad SMARTS) is 1. The van der Waals surface area contributed by atoms with Gasteiger partial charge in [0.2, 0.25) is 0 Å². The van der Waals surface area contributed by atoms with Gasteiger partial charge in [-0.3, -0.25) is 10.1 Å². The number of hydrogen-bond donors (Lipinski definition) is 2. The highest BCUT2D eigenvalue weighted by Crippen LogP contribution is 2.23. The molecule has 2 aromatic carbocycles. The van der Waals surface area contributed by atoms with E-state index in [2.05, 4.69) is 9.97 Å². The number of nitrogens with zero attached hydrogens (tertiary/aromatic N) is 2. The number of nitro groups is 1. The Bertz CT molecular complexity index is 853. The second-order valence-electron chi connectivity index (χ2n) is 4.43. The maximum absolute atomic E-state index is 10.9. The average Bonchev–Trinajstić information content (AvgIpc) is 2.99. The van der Waals surface area contributed by atoms with Gasteiger partial charge in [-0.2, -0.15) is 0 Å². The molecule has 0 radical (unpaired) electrons. The first-order valence-electron chi connectivity index (χ1n) is 7.02. The number of fused-ring (bicyclic) bond motifs is 1. The van der Waals surface area contributed by atoms with E-state index in [1.165, 1.54) is 24.3 Å². The lowest BCUT2D eigenvalue weighted by atomic mass is 10.2. The van der Waals surface area contributed by atoms with Crippen molar-refractivity contribution in [2.45, 2.75) is 13.8 Å². The van der Waals surface area contributed by atoms with Gasteiger partial charge in [-0.15, -0.1) is 0 Å². The number of non-ortho nitro benzene ring substituents is 1. The number of nitrogens with one attached hydrogen (secondary N) is 1. The number of nitro benzene ring substituents is 1. The maximum Gasteiger partial charge on any atom is 0.335 e. The molecule has 1 heterocycles. The summed E-state index contributed by atoms with van der Waals surface area (Å²) in [5.41, 5.74) is 2.09. The van der Waals surface area contributed by atoms with Crippen LogP contribution >= 0.6 is 0 Å². The molecule has 0 amide bonds. The van der Waals surface area contributed by atoms with Gasteiger partial charge in [-0.05, 0) is 30.3 Å². The lowest BCUT2D eigenvalue weighted by molar-refractivity contribution is -0.384. The molecule has 3 rings (SSSR count). The van der Waals surface area contributed by atoms with Crippen molar-refractivity contribution in [2.24, 2.45) is 0 Å². The van der Waals surface area contributed by atoms with Crippen molar-refractivity contribution in [3.05, 3.63) is 58.1 Å². The fourth-order valence-electron chi connectivity index (χ4n) is 2.02. The van der Waals surface area contributed by atoms with Gasteiger partial charge < -0.3 is 10.1 Å². The minimum atomic E-state index is -1.01. The van der Waals surface area contributed by atoms with Crippen molar-refractivity contribution in [2.75, 3.05) is 0 Å². The summed E-state index contributed by atoms with van der Waals surface area (Å²) in [7, 11) is 0. The minimum Gasteiger partial charge on any atom is -0.478 e. The first-order valence-corrected chi connectivity index (χ1v) is 7.02. The quantitative estimate of drug-likeness (QED) is 0.563. The zero-order valence-corrected chi connectivity index (χ0v) is 12.6. The van der Waals surface area contributed by atoms with Gasteiger partial charge in [0.1, 0.15) is 5.82 Å². The highest BCUT2D eigenvalue weighted by Gasteiger charge is 2.10. The third-order valence-electron chi connectivity index (χ3n) is 3.08. The van der Waals surface area contributed by atoms with Crippen LogP contribution in [-0.2, 0) is 0 Å². The monoisotopic (exact) mass is 313 g/mol. The Labute approximate surface area is 131 Å². The molecule has 0 saturated heterocycles. The van der Waals surface area contributed by atoms with Crippen LogP contribution in [0, 0.1) is 10.1 Å². The Morgan fingerprint density at radius 2 is 1.83 bits per heavy atom. The Balaban J connectivity index is 0.000000924. The summed E-state index contributed by atoms with van der Waals surface area (Å²) in [4.78, 5) is 28.4. The van der Waals surface area contributed by atoms with E-state index in [1.807, 2.05) is 13.8 Å². The molecule has 0 saturated carbocycles. The summed E-state index contributed by atoms with van der Waals surface area (Å²) in [6.07, 6.45) is 0. The lowest BCUT2D eigenvalue weighted by Gasteiger charge is -1.95. The normalized spacial score (nSPS) is 10.0. The van der Waals surface area contributed by atoms with Crippen molar-refractivity contribution < 1.29 is 14.8 Å². The second-order valence-corrected chi connectivity index (χ2v) is 4.43. The predicted molar refractivity (Wildman–Crippen MR) is 86.5 cm³/mol. The fraction of sp³-hybridized carbons (Fsp3) is 0.125. The van der Waals surface area contributed by atoms with E-state index in [9.17, 15) is 14.9 Å². The number of rotatable bonds is 3. The molecule has 0 aliphatic carbocycles. The summed E-state index contributed by atoms with van der Waals surface area (Å²) < 4.78 is 0. The zero-order valence-electron chi connectivity index (χ0n) is 12.6. The molecule has 0 aliphatic rings. The SMILES string of the molecule is CC.O=C(O)c1ccc2nc(-c3ccc([N+](=O)[O-])cc3)[nH]c2c1. The number of aromatic carboxylic acids is 1. The molecule has 3 aromatic rings. The molecule has 118 valence electrons. The predicted octanol–water partition coefficient (Wildman–Crippen LogP) is 3.86. The van der Waals surface area contributed by atoms with E-state index in [0.29, 0.717) is 22.4 Å². The van der Waals surface area contributed by atoms with Crippen LogP contribution in [0.3, 0.4) is 0 Å². The van der Waals surface area contributed by atoms with E-state index < -0.39 is 10.9 Å². The van der Waals surface area contributed by atoms with Crippen LogP contribution < -0.4 is 0 Å². The van der Waals surface area contributed by atoms with E-state index in [4.69, 9.17) is 5.11 Å². The maximum atomic E-state index is 10.9. The number of hydrogen-bond acceptors (Lipinski definition) is 4. The molecule has 7 heteroatoms. The summed E-state index contributed by atoms with van der Waals surface area (Å²) in [6, 6.07) is 10.6. The fourth-order valence-corrected chi connectivity index (χ4v) is 2.02. The van der Waals surface area contributed by atoms with Crippen molar-refractivity contribution in [1.82, 2.24) is 9.97 Å². The Hall–Kier alpha value is -3.22. The minimum absolute atomic E-state index is 0.00280. The van der Waals surface area contributed by atoms with Crippen LogP contribution in [0.5, 0.6) is 0 Å². The number of benzene rings is 2. The van der Waals surface area contributed by atoms with Gasteiger partial charge in [-0.1, -0.05) is 13.8 Å². The largest absolute Gasteiger partial charge is 0.478 e. The third kappa shape index (κ3) is 3.34. The van der Waals surface area contributed by atoms with Crippen LogP contribution in [0.15, 0.2) is 42.5 Å². The van der Waals surface area contributed by atoms with Crippen molar-refractivity contribution in [3.8, 4) is 11.4 Å². The molecular formula is C16H15N3O4. The molecule has 0 bridgehead atoms. The third-order valence-corrected chi connectivity index (χ3v) is 3.08. The standard InChI is InChI=1S/C14H9N3O4.C2H6/c18-14(19)9-3-6-11-12(7-9)16-13(15-11)8-1-4-10(5-2-8)17(20)21;1-2/h1-7H,(H,15,16)(H,18,19);1-2H3. The van der Waals surface area contributed by atoms with Gasteiger partial charge in [0, 0.05) is 17.7 Å². The number of aromatic amines is 1. The van der Waals surface area contributed by atoms with Gasteiger partial charge in [0.05, 0.1) is 21.5 Å². The van der Waals surface area contributed by atoms with Crippen molar-refractivity contribution in [3.63, 3.8) is 0 Å². The van der Waals surface area contributed by atoms with E-state index in [0.717, 1.165) is 0 Å². The zero-order chi connectivity index (χ0) is 17.0. The average molecular weight is 313 g/mol. The topological polar surface area (TPSA) is 109 Å². The van der Waals surface area contributed by atoms with Crippen LogP contribution in [0.2, 0.25) is 0 Å². The van der Waals surface area contributed by atoms with E-state index >= 15 is 0 Å². The van der Waals surface area contributed by atoms with Crippen molar-refractivity contribution >= 4 is 22.7 Å². The van der Waals surface area contributed by atoms with E-state index in [-0.39, 0.29) is 11.3 Å². The van der Waals surface area contributed by atoms with E-state index in [1.54, 1.807) is 18.2 Å². The molecule has 0 atom stereocenters. The Morgan fingerprint density at radius 3 is 2.39 bits per heavy atom. The molecule has 2 N–H and O–H groups in total. The van der Waals surface area contributed by atoms with Gasteiger partial charge in [0.25, 0.3) is 5.69 Å². The summed E-state index contributed by atoms with van der Waals surface area (Å²) in [6.45, 7) is 4.00. The van der Waals surface area contributed by atoms with Crippen LogP contribution in [0.25, 0.3) is 22.4 Å². The molecule has 0 unspecified atom stereocenters. The first-order chi connectivity index (χ1) is 11.0. The molecule has 23 heavy (non-hydrogen) atoms. The molecule has 0 spiro atoms. The van der Waals surface area contributed by atoms with Gasteiger partial charge in [-0.25, -0.2) is 9.78 Å². The van der Waals surface area contributed by atoms with Crippen LogP contribution in [-0.4, -0.2) is 26.0 Å². The number of H-pyrrole nitrogens is 1. The summed E-state index contributed by atoms with van der Waals surface area (Å²) in [5.74, 6) is -0.481. The number of carbonyl (C=O) groups is 1. The highest BCUT2D eigenvalue weighted by atomic mass is 16.6. The molecular weight excluding hydrogens is 298 g/mol. The number of carboxylic acids is 1. The van der Waals surface area contributed by atoms with Crippen LogP contribution in [0.1, 0.15) is 24.2 Å². The van der Waals surface area contributed by atoms with Gasteiger partial charge in [0.15, 0.2) is 0 Å². The van der Waals surface area contributed by atoms with Crippen molar-refractivity contribution in [1.29, 1.82) is 0 Å². The van der Waals surface area contributed by atoms with Gasteiger partial charge >= 0.3 is 5.97 Å². The molecule has 7 nitrogen and oxygen atoms in total. The molecule has 0 fully saturated rings. The molecule has 1 aromatic heterocycles. The summed E-state index contributed by atoms with van der Waals surface area (Å²) >= 11 is 0. The molecule has 0 aliphatic heterocycles. The number of aromatic nitrogens is 2. The second kappa shape index (κ2) is 6.69. The first kappa shape index (κ1) is 16.2. The lowest BCUT2D eigenvalue weighted by Crippen LogP contribution is -1.94. The Kier molecular flexibility index (Phi) is 4.70. The Morgan fingerprint density at radius 1 is 1.17 bits per heavy atom. The number of imidazole rings is 1. The summed E-state index contributed by atoms with van der Waals surface area (Å²) in [5, 5.41) is 19.6. The highest BCUT2D eigenvalue weighted by molar-refractivity contribution is 5.93. The van der Waals surface area contributed by atoms with Crippen LogP contribution in [0.4, 0.5) is 5.69 Å². The smallest absolute Gasteiger partial charge is 0.335 e.